The molecule has 0 unspecified atom stereocenters. The SMILES string of the molecule is O=C(O)CCc1ccc(COc2cccc3c2N(Cc2cc(F)ccc2Cl)CCC3)cc1. The van der Waals surface area contributed by atoms with Crippen LogP contribution in [0.4, 0.5) is 10.1 Å². The summed E-state index contributed by atoms with van der Waals surface area (Å²) < 4.78 is 20.0. The van der Waals surface area contributed by atoms with Gasteiger partial charge in [0, 0.05) is 24.5 Å². The first kappa shape index (κ1) is 22.2. The van der Waals surface area contributed by atoms with Crippen molar-refractivity contribution in [2.24, 2.45) is 0 Å². The number of benzene rings is 3. The number of hydrogen-bond acceptors (Lipinski definition) is 3. The summed E-state index contributed by atoms with van der Waals surface area (Å²) in [5, 5.41) is 9.39. The molecule has 4 rings (SSSR count). The predicted molar refractivity (Wildman–Crippen MR) is 124 cm³/mol. The average Bonchev–Trinajstić information content (AvgIpc) is 2.79. The Morgan fingerprint density at radius 3 is 2.66 bits per heavy atom. The third kappa shape index (κ3) is 5.40. The maximum atomic E-state index is 13.8. The lowest BCUT2D eigenvalue weighted by atomic mass is 10.00. The maximum absolute atomic E-state index is 13.8. The molecule has 0 aromatic heterocycles. The van der Waals surface area contributed by atoms with Crippen molar-refractivity contribution in [2.45, 2.75) is 38.8 Å². The number of hydrogen-bond donors (Lipinski definition) is 1. The van der Waals surface area contributed by atoms with E-state index < -0.39 is 5.97 Å². The Morgan fingerprint density at radius 1 is 1.09 bits per heavy atom. The number of rotatable bonds is 8. The summed E-state index contributed by atoms with van der Waals surface area (Å²) in [6, 6.07) is 18.4. The van der Waals surface area contributed by atoms with Gasteiger partial charge < -0.3 is 14.7 Å². The highest BCUT2D eigenvalue weighted by Crippen LogP contribution is 2.38. The fourth-order valence-electron chi connectivity index (χ4n) is 4.06. The first-order valence-electron chi connectivity index (χ1n) is 10.7. The van der Waals surface area contributed by atoms with Crippen molar-refractivity contribution in [3.05, 3.63) is 93.8 Å². The van der Waals surface area contributed by atoms with Gasteiger partial charge in [-0.3, -0.25) is 4.79 Å². The zero-order valence-electron chi connectivity index (χ0n) is 17.7. The van der Waals surface area contributed by atoms with Crippen molar-refractivity contribution in [1.82, 2.24) is 0 Å². The van der Waals surface area contributed by atoms with Crippen LogP contribution in [0.25, 0.3) is 0 Å². The predicted octanol–water partition coefficient (Wildman–Crippen LogP) is 6.03. The van der Waals surface area contributed by atoms with E-state index in [1.54, 1.807) is 6.07 Å². The Morgan fingerprint density at radius 2 is 1.88 bits per heavy atom. The summed E-state index contributed by atoms with van der Waals surface area (Å²) in [5.74, 6) is -0.294. The average molecular weight is 454 g/mol. The van der Waals surface area contributed by atoms with Crippen LogP contribution in [-0.2, 0) is 30.8 Å². The van der Waals surface area contributed by atoms with Gasteiger partial charge in [0.15, 0.2) is 0 Å². The second kappa shape index (κ2) is 10.0. The third-order valence-electron chi connectivity index (χ3n) is 5.69. The molecule has 3 aromatic rings. The Balaban J connectivity index is 1.50. The van der Waals surface area contributed by atoms with Crippen LogP contribution >= 0.6 is 11.6 Å². The minimum atomic E-state index is -0.796. The van der Waals surface area contributed by atoms with Gasteiger partial charge in [-0.05, 0) is 65.8 Å². The summed E-state index contributed by atoms with van der Waals surface area (Å²) in [6.45, 7) is 1.77. The van der Waals surface area contributed by atoms with Crippen molar-refractivity contribution < 1.29 is 19.0 Å². The van der Waals surface area contributed by atoms with E-state index in [-0.39, 0.29) is 12.2 Å². The van der Waals surface area contributed by atoms with Gasteiger partial charge in [0.05, 0.1) is 5.69 Å². The number of para-hydroxylation sites is 1. The number of ether oxygens (including phenoxy) is 1. The number of anilines is 1. The number of aliphatic carboxylic acids is 1. The highest BCUT2D eigenvalue weighted by Gasteiger charge is 2.22. The molecular weight excluding hydrogens is 429 g/mol. The molecule has 6 heteroatoms. The van der Waals surface area contributed by atoms with Gasteiger partial charge in [-0.1, -0.05) is 48.0 Å². The van der Waals surface area contributed by atoms with Gasteiger partial charge in [0.1, 0.15) is 18.2 Å². The zero-order chi connectivity index (χ0) is 22.5. The quantitative estimate of drug-likeness (QED) is 0.452. The van der Waals surface area contributed by atoms with Crippen molar-refractivity contribution in [3.8, 4) is 5.75 Å². The molecular formula is C26H25ClFNO3. The van der Waals surface area contributed by atoms with E-state index in [1.165, 1.54) is 17.7 Å². The Hall–Kier alpha value is -3.05. The molecule has 0 radical (unpaired) electrons. The van der Waals surface area contributed by atoms with Gasteiger partial charge in [0.25, 0.3) is 0 Å². The summed E-state index contributed by atoms with van der Waals surface area (Å²) in [6.07, 6.45) is 2.62. The molecule has 0 spiro atoms. The Kier molecular flexibility index (Phi) is 6.96. The molecule has 0 atom stereocenters. The fourth-order valence-corrected chi connectivity index (χ4v) is 4.24. The lowest BCUT2D eigenvalue weighted by Gasteiger charge is -2.33. The fraction of sp³-hybridized carbons (Fsp3) is 0.269. The van der Waals surface area contributed by atoms with E-state index in [1.807, 2.05) is 36.4 Å². The van der Waals surface area contributed by atoms with Crippen LogP contribution in [0.3, 0.4) is 0 Å². The largest absolute Gasteiger partial charge is 0.487 e. The molecule has 3 aromatic carbocycles. The normalized spacial score (nSPS) is 13.0. The highest BCUT2D eigenvalue weighted by atomic mass is 35.5. The molecule has 1 heterocycles. The molecule has 0 saturated heterocycles. The Bertz CT molecular complexity index is 1100. The number of carboxylic acid groups (broad SMARTS) is 1. The van der Waals surface area contributed by atoms with Crippen LogP contribution in [0.2, 0.25) is 5.02 Å². The van der Waals surface area contributed by atoms with Crippen LogP contribution in [0.15, 0.2) is 60.7 Å². The van der Waals surface area contributed by atoms with Crippen molar-refractivity contribution in [3.63, 3.8) is 0 Å². The molecule has 4 nitrogen and oxygen atoms in total. The number of carboxylic acids is 1. The van der Waals surface area contributed by atoms with Crippen LogP contribution in [0.5, 0.6) is 5.75 Å². The summed E-state index contributed by atoms with van der Waals surface area (Å²) >= 11 is 6.32. The van der Waals surface area contributed by atoms with Gasteiger partial charge in [0.2, 0.25) is 0 Å². The molecule has 166 valence electrons. The summed E-state index contributed by atoms with van der Waals surface area (Å²) in [5.41, 5.74) is 5.01. The van der Waals surface area contributed by atoms with Crippen LogP contribution in [-0.4, -0.2) is 17.6 Å². The van der Waals surface area contributed by atoms with E-state index in [0.29, 0.717) is 24.6 Å². The number of nitrogens with zero attached hydrogens (tertiary/aromatic N) is 1. The molecule has 0 saturated carbocycles. The number of fused-ring (bicyclic) bond motifs is 1. The molecule has 0 bridgehead atoms. The number of halogens is 2. The van der Waals surface area contributed by atoms with Crippen LogP contribution in [0, 0.1) is 5.82 Å². The Labute approximate surface area is 192 Å². The highest BCUT2D eigenvalue weighted by molar-refractivity contribution is 6.31. The number of aryl methyl sites for hydroxylation is 2. The molecule has 0 amide bonds. The van der Waals surface area contributed by atoms with Crippen molar-refractivity contribution >= 4 is 23.3 Å². The lowest BCUT2D eigenvalue weighted by molar-refractivity contribution is -0.136. The maximum Gasteiger partial charge on any atom is 0.303 e. The topological polar surface area (TPSA) is 49.8 Å². The first-order chi connectivity index (χ1) is 15.5. The van der Waals surface area contributed by atoms with Gasteiger partial charge >= 0.3 is 5.97 Å². The van der Waals surface area contributed by atoms with Crippen LogP contribution < -0.4 is 9.64 Å². The van der Waals surface area contributed by atoms with Gasteiger partial charge in [-0.25, -0.2) is 4.39 Å². The van der Waals surface area contributed by atoms with E-state index in [9.17, 15) is 9.18 Å². The minimum Gasteiger partial charge on any atom is -0.487 e. The lowest BCUT2D eigenvalue weighted by Crippen LogP contribution is -2.29. The van der Waals surface area contributed by atoms with E-state index in [4.69, 9.17) is 21.4 Å². The van der Waals surface area contributed by atoms with Crippen molar-refractivity contribution in [1.29, 1.82) is 0 Å². The van der Waals surface area contributed by atoms with Crippen molar-refractivity contribution in [2.75, 3.05) is 11.4 Å². The standard InChI is InChI=1S/C26H25ClFNO3/c27-23-12-11-22(28)15-21(23)16-29-14-2-4-20-3-1-5-24(26(20)29)32-17-19-8-6-18(7-9-19)10-13-25(30)31/h1,3,5-9,11-12,15H,2,4,10,13-14,16-17H2,(H,30,31). The third-order valence-corrected chi connectivity index (χ3v) is 6.06. The zero-order valence-corrected chi connectivity index (χ0v) is 18.4. The second-order valence-electron chi connectivity index (χ2n) is 8.02. The minimum absolute atomic E-state index is 0.122. The monoisotopic (exact) mass is 453 g/mol. The van der Waals surface area contributed by atoms with Gasteiger partial charge in [-0.2, -0.15) is 0 Å². The van der Waals surface area contributed by atoms with E-state index in [0.717, 1.165) is 47.5 Å². The molecule has 1 aliphatic rings. The molecule has 1 aliphatic heterocycles. The molecule has 0 fully saturated rings. The smallest absolute Gasteiger partial charge is 0.303 e. The van der Waals surface area contributed by atoms with Gasteiger partial charge in [-0.15, -0.1) is 0 Å². The van der Waals surface area contributed by atoms with E-state index >= 15 is 0 Å². The van der Waals surface area contributed by atoms with E-state index in [2.05, 4.69) is 11.0 Å². The second-order valence-corrected chi connectivity index (χ2v) is 8.43. The summed E-state index contributed by atoms with van der Waals surface area (Å²) in [7, 11) is 0. The molecule has 1 N–H and O–H groups in total. The molecule has 32 heavy (non-hydrogen) atoms. The van der Waals surface area contributed by atoms with Crippen LogP contribution in [0.1, 0.15) is 35.1 Å². The number of carbonyl (C=O) groups is 1. The first-order valence-corrected chi connectivity index (χ1v) is 11.1. The molecule has 0 aliphatic carbocycles. The summed E-state index contributed by atoms with van der Waals surface area (Å²) in [4.78, 5) is 13.0.